The Balaban J connectivity index is 2.63. The van der Waals surface area contributed by atoms with Crippen molar-refractivity contribution in [1.29, 1.82) is 0 Å². The third kappa shape index (κ3) is 5.64. The highest BCUT2D eigenvalue weighted by molar-refractivity contribution is 7.91. The molecule has 1 aromatic carbocycles. The van der Waals surface area contributed by atoms with Crippen molar-refractivity contribution in [3.05, 3.63) is 35.7 Å². The maximum atomic E-state index is 13.2. The highest BCUT2D eigenvalue weighted by atomic mass is 32.2. The normalized spacial score (nSPS) is 14.2. The van der Waals surface area contributed by atoms with E-state index in [-0.39, 0.29) is 28.5 Å². The molecule has 0 aliphatic carbocycles. The Morgan fingerprint density at radius 2 is 1.93 bits per heavy atom. The molecule has 8 nitrogen and oxygen atoms in total. The minimum absolute atomic E-state index is 0.0789. The Labute approximate surface area is 164 Å². The second-order valence-corrected chi connectivity index (χ2v) is 8.21. The predicted octanol–water partition coefficient (Wildman–Crippen LogP) is 2.17. The van der Waals surface area contributed by atoms with Crippen molar-refractivity contribution in [1.82, 2.24) is 9.97 Å². The van der Waals surface area contributed by atoms with Gasteiger partial charge in [-0.05, 0) is 32.0 Å². The first-order valence-electron chi connectivity index (χ1n) is 8.07. The highest BCUT2D eigenvalue weighted by Crippen LogP contribution is 2.39. The van der Waals surface area contributed by atoms with Crippen LogP contribution in [0.5, 0.6) is 5.75 Å². The molecule has 2 N–H and O–H groups in total. The van der Waals surface area contributed by atoms with Gasteiger partial charge < -0.3 is 9.84 Å². The molecule has 158 valence electrons. The molecule has 0 aliphatic heterocycles. The van der Waals surface area contributed by atoms with Crippen molar-refractivity contribution in [3.63, 3.8) is 0 Å². The molecule has 0 saturated heterocycles. The van der Waals surface area contributed by atoms with Gasteiger partial charge >= 0.3 is 6.18 Å². The van der Waals surface area contributed by atoms with Gasteiger partial charge in [-0.3, -0.25) is 9.52 Å². The Morgan fingerprint density at radius 1 is 1.28 bits per heavy atom. The van der Waals surface area contributed by atoms with Gasteiger partial charge in [0.05, 0.1) is 24.1 Å². The van der Waals surface area contributed by atoms with E-state index in [2.05, 4.69) is 14.7 Å². The van der Waals surface area contributed by atoms with Crippen LogP contribution in [0.3, 0.4) is 0 Å². The van der Waals surface area contributed by atoms with E-state index in [0.717, 1.165) is 30.7 Å². The number of alkyl halides is 3. The van der Waals surface area contributed by atoms with E-state index in [0.29, 0.717) is 6.29 Å². The topological polar surface area (TPSA) is 118 Å². The van der Waals surface area contributed by atoms with Crippen molar-refractivity contribution in [2.75, 3.05) is 17.6 Å². The van der Waals surface area contributed by atoms with Crippen LogP contribution in [0.4, 0.5) is 19.1 Å². The van der Waals surface area contributed by atoms with E-state index in [4.69, 9.17) is 4.74 Å². The zero-order valence-electron chi connectivity index (χ0n) is 15.6. The first-order chi connectivity index (χ1) is 13.3. The molecule has 0 bridgehead atoms. The summed E-state index contributed by atoms with van der Waals surface area (Å²) in [6.45, 7) is 2.01. The number of halogens is 3. The van der Waals surface area contributed by atoms with Gasteiger partial charge in [-0.2, -0.15) is 13.2 Å². The Kier molecular flexibility index (Phi) is 6.18. The number of hydrogen-bond acceptors (Lipinski definition) is 7. The van der Waals surface area contributed by atoms with Crippen molar-refractivity contribution < 1.29 is 36.2 Å². The van der Waals surface area contributed by atoms with Gasteiger partial charge in [0.15, 0.2) is 11.9 Å². The number of anilines is 1. The lowest BCUT2D eigenvalue weighted by Crippen LogP contribution is -2.38. The third-order valence-corrected chi connectivity index (χ3v) is 4.31. The van der Waals surface area contributed by atoms with Gasteiger partial charge in [0.1, 0.15) is 5.75 Å². The summed E-state index contributed by atoms with van der Waals surface area (Å²) in [5.41, 5.74) is -2.45. The number of hydrogen-bond donors (Lipinski definition) is 2. The number of carbonyl (C=O) groups is 1. The lowest BCUT2D eigenvalue weighted by Gasteiger charge is -2.25. The number of nitrogens with zero attached hydrogens (tertiary/aromatic N) is 2. The molecule has 1 aromatic heterocycles. The summed E-state index contributed by atoms with van der Waals surface area (Å²) in [5, 5.41) is 9.36. The molecule has 29 heavy (non-hydrogen) atoms. The molecule has 0 fully saturated rings. The van der Waals surface area contributed by atoms with Crippen LogP contribution in [0.2, 0.25) is 0 Å². The SMILES string of the molecule is Cc1nc(NS(C)(=O)=O)ncc1-c1cc(C(F)(F)F)ccc1O[C@](C)(C=O)CO. The first-order valence-corrected chi connectivity index (χ1v) is 9.96. The standard InChI is InChI=1S/C17H18F3N3O5S/c1-10-13(7-21-15(22-10)23-29(3,26)27)12-6-11(17(18,19)20)4-5-14(12)28-16(2,8-24)9-25/h4-8,25H,9H2,1-3H3,(H,21,22,23)/t16-/m1/s1. The largest absolute Gasteiger partial charge is 0.477 e. The average molecular weight is 433 g/mol. The second-order valence-electron chi connectivity index (χ2n) is 6.47. The van der Waals surface area contributed by atoms with E-state index >= 15 is 0 Å². The van der Waals surface area contributed by atoms with Crippen LogP contribution in [0.25, 0.3) is 11.1 Å². The van der Waals surface area contributed by atoms with Gasteiger partial charge in [-0.15, -0.1) is 0 Å². The summed E-state index contributed by atoms with van der Waals surface area (Å²) in [6, 6.07) is 2.60. The molecule has 0 amide bonds. The summed E-state index contributed by atoms with van der Waals surface area (Å²) < 4.78 is 69.7. The van der Waals surface area contributed by atoms with Gasteiger partial charge in [0.2, 0.25) is 16.0 Å². The number of rotatable bonds is 7. The van der Waals surface area contributed by atoms with E-state index in [1.54, 1.807) is 0 Å². The number of aliphatic hydroxyl groups is 1. The molecule has 12 heteroatoms. The maximum Gasteiger partial charge on any atom is 0.416 e. The minimum atomic E-state index is -4.65. The quantitative estimate of drug-likeness (QED) is 0.643. The van der Waals surface area contributed by atoms with Crippen molar-refractivity contribution in [2.24, 2.45) is 0 Å². The number of carbonyl (C=O) groups excluding carboxylic acids is 1. The zero-order valence-corrected chi connectivity index (χ0v) is 16.4. The Bertz CT molecular complexity index is 1030. The van der Waals surface area contributed by atoms with Gasteiger partial charge in [0, 0.05) is 17.3 Å². The number of aliphatic hydroxyl groups excluding tert-OH is 1. The summed E-state index contributed by atoms with van der Waals surface area (Å²) in [7, 11) is -3.65. The third-order valence-electron chi connectivity index (χ3n) is 3.76. The van der Waals surface area contributed by atoms with Crippen molar-refractivity contribution >= 4 is 22.3 Å². The van der Waals surface area contributed by atoms with Crippen LogP contribution < -0.4 is 9.46 Å². The summed E-state index contributed by atoms with van der Waals surface area (Å²) in [5.74, 6) is -0.367. The number of ether oxygens (including phenoxy) is 1. The lowest BCUT2D eigenvalue weighted by atomic mass is 10.0. The molecule has 0 spiro atoms. The molecular weight excluding hydrogens is 415 g/mol. The fourth-order valence-corrected chi connectivity index (χ4v) is 2.73. The van der Waals surface area contributed by atoms with E-state index in [1.165, 1.54) is 13.8 Å². The first kappa shape index (κ1) is 22.6. The van der Waals surface area contributed by atoms with Crippen LogP contribution in [0.1, 0.15) is 18.2 Å². The second kappa shape index (κ2) is 7.95. The van der Waals surface area contributed by atoms with E-state index in [9.17, 15) is 31.5 Å². The van der Waals surface area contributed by atoms with Crippen molar-refractivity contribution in [3.8, 4) is 16.9 Å². The van der Waals surface area contributed by atoms with Crippen molar-refractivity contribution in [2.45, 2.75) is 25.6 Å². The summed E-state index contributed by atoms with van der Waals surface area (Å²) in [6.07, 6.45) is -2.29. The summed E-state index contributed by atoms with van der Waals surface area (Å²) >= 11 is 0. The monoisotopic (exact) mass is 433 g/mol. The molecular formula is C17H18F3N3O5S. The zero-order chi connectivity index (χ0) is 22.0. The molecule has 2 rings (SSSR count). The Hall–Kier alpha value is -2.73. The van der Waals surface area contributed by atoms with Crippen LogP contribution in [-0.4, -0.2) is 48.2 Å². The lowest BCUT2D eigenvalue weighted by molar-refractivity contribution is -0.137. The molecule has 1 atom stereocenters. The van der Waals surface area contributed by atoms with Gasteiger partial charge in [-0.25, -0.2) is 18.4 Å². The average Bonchev–Trinajstić information content (AvgIpc) is 2.60. The minimum Gasteiger partial charge on any atom is -0.477 e. The van der Waals surface area contributed by atoms with Gasteiger partial charge in [0.25, 0.3) is 0 Å². The molecule has 0 radical (unpaired) electrons. The fraction of sp³-hybridized carbons (Fsp3) is 0.353. The smallest absolute Gasteiger partial charge is 0.416 e. The highest BCUT2D eigenvalue weighted by Gasteiger charge is 2.33. The number of benzene rings is 1. The summed E-state index contributed by atoms with van der Waals surface area (Å²) in [4.78, 5) is 19.0. The number of sulfonamides is 1. The van der Waals surface area contributed by atoms with Crippen LogP contribution >= 0.6 is 0 Å². The molecule has 0 aliphatic rings. The molecule has 2 aromatic rings. The molecule has 0 saturated carbocycles. The van der Waals surface area contributed by atoms with Crippen LogP contribution in [0, 0.1) is 6.92 Å². The van der Waals surface area contributed by atoms with Crippen LogP contribution in [0.15, 0.2) is 24.4 Å². The number of aldehydes is 1. The Morgan fingerprint density at radius 3 is 2.41 bits per heavy atom. The van der Waals surface area contributed by atoms with E-state index < -0.39 is 34.0 Å². The van der Waals surface area contributed by atoms with E-state index in [1.807, 2.05) is 0 Å². The fourth-order valence-electron chi connectivity index (χ4n) is 2.30. The van der Waals surface area contributed by atoms with Crippen LogP contribution in [-0.2, 0) is 21.0 Å². The number of aromatic nitrogens is 2. The predicted molar refractivity (Wildman–Crippen MR) is 97.9 cm³/mol. The van der Waals surface area contributed by atoms with Gasteiger partial charge in [-0.1, -0.05) is 0 Å². The number of aryl methyl sites for hydroxylation is 1. The maximum absolute atomic E-state index is 13.2. The molecule has 0 unspecified atom stereocenters. The number of nitrogens with one attached hydrogen (secondary N) is 1. The molecule has 1 heterocycles.